The summed E-state index contributed by atoms with van der Waals surface area (Å²) in [6, 6.07) is 8.06. The molecule has 0 radical (unpaired) electrons. The number of nitrogens with one attached hydrogen (secondary N) is 1. The number of nitrogens with zero attached hydrogens (tertiary/aromatic N) is 1. The molecule has 3 nitrogen and oxygen atoms in total. The van der Waals surface area contributed by atoms with E-state index in [4.69, 9.17) is 0 Å². The van der Waals surface area contributed by atoms with Gasteiger partial charge in [-0.25, -0.2) is 0 Å². The Morgan fingerprint density at radius 3 is 2.50 bits per heavy atom. The summed E-state index contributed by atoms with van der Waals surface area (Å²) in [4.78, 5) is 14.0. The third-order valence-corrected chi connectivity index (χ3v) is 3.10. The predicted octanol–water partition coefficient (Wildman–Crippen LogP) is 3.09. The van der Waals surface area contributed by atoms with E-state index in [0.717, 1.165) is 18.8 Å². The van der Waals surface area contributed by atoms with Gasteiger partial charge in [-0.2, -0.15) is 0 Å². The van der Waals surface area contributed by atoms with Gasteiger partial charge in [-0.15, -0.1) is 0 Å². The first-order chi connectivity index (χ1) is 8.56. The van der Waals surface area contributed by atoms with Crippen molar-refractivity contribution in [2.45, 2.75) is 33.6 Å². The molecule has 0 aromatic heterocycles. The van der Waals surface area contributed by atoms with Gasteiger partial charge in [0.2, 0.25) is 5.91 Å². The lowest BCUT2D eigenvalue weighted by molar-refractivity contribution is -0.117. The van der Waals surface area contributed by atoms with Crippen LogP contribution in [-0.4, -0.2) is 30.4 Å². The highest BCUT2D eigenvalue weighted by Crippen LogP contribution is 2.18. The van der Waals surface area contributed by atoms with Gasteiger partial charge in [0, 0.05) is 5.69 Å². The zero-order chi connectivity index (χ0) is 13.5. The maximum atomic E-state index is 11.9. The van der Waals surface area contributed by atoms with Crippen molar-refractivity contribution >= 4 is 11.6 Å². The summed E-state index contributed by atoms with van der Waals surface area (Å²) in [5.74, 6) is 0.532. The van der Waals surface area contributed by atoms with E-state index in [1.54, 1.807) is 0 Å². The number of benzene rings is 1. The van der Waals surface area contributed by atoms with Crippen LogP contribution in [0.15, 0.2) is 24.3 Å². The summed E-state index contributed by atoms with van der Waals surface area (Å²) in [7, 11) is 0. The van der Waals surface area contributed by atoms with Crippen molar-refractivity contribution in [2.24, 2.45) is 0 Å². The Morgan fingerprint density at radius 1 is 1.28 bits per heavy atom. The molecule has 0 heterocycles. The molecule has 0 saturated carbocycles. The lowest BCUT2D eigenvalue weighted by atomic mass is 10.0. The zero-order valence-corrected chi connectivity index (χ0v) is 11.9. The average molecular weight is 248 g/mol. The van der Waals surface area contributed by atoms with Crippen molar-refractivity contribution in [2.75, 3.05) is 25.0 Å². The van der Waals surface area contributed by atoms with Crippen LogP contribution in [0.5, 0.6) is 0 Å². The highest BCUT2D eigenvalue weighted by atomic mass is 16.2. The molecular weight excluding hydrogens is 224 g/mol. The van der Waals surface area contributed by atoms with E-state index < -0.39 is 0 Å². The molecule has 3 heteroatoms. The van der Waals surface area contributed by atoms with E-state index in [9.17, 15) is 4.79 Å². The van der Waals surface area contributed by atoms with E-state index in [-0.39, 0.29) is 5.91 Å². The van der Waals surface area contributed by atoms with Gasteiger partial charge in [-0.3, -0.25) is 9.69 Å². The number of hydrogen-bond donors (Lipinski definition) is 1. The van der Waals surface area contributed by atoms with Crippen LogP contribution in [0.2, 0.25) is 0 Å². The van der Waals surface area contributed by atoms with Crippen molar-refractivity contribution in [3.8, 4) is 0 Å². The van der Waals surface area contributed by atoms with Gasteiger partial charge in [-0.1, -0.05) is 39.8 Å². The molecule has 1 aromatic carbocycles. The molecule has 0 aliphatic rings. The Balaban J connectivity index is 2.61. The standard InChI is InChI=1S/C15H24N2O/c1-5-17(6-2)11-15(18)16-14-9-7-8-13(10-14)12(3)4/h7-10,12H,5-6,11H2,1-4H3,(H,16,18). The minimum Gasteiger partial charge on any atom is -0.325 e. The van der Waals surface area contributed by atoms with Gasteiger partial charge in [-0.05, 0) is 36.7 Å². The second-order valence-corrected chi connectivity index (χ2v) is 4.79. The van der Waals surface area contributed by atoms with Crippen LogP contribution in [0.3, 0.4) is 0 Å². The lowest BCUT2D eigenvalue weighted by Crippen LogP contribution is -2.32. The third kappa shape index (κ3) is 4.49. The lowest BCUT2D eigenvalue weighted by Gasteiger charge is -2.17. The molecule has 0 aliphatic heterocycles. The summed E-state index contributed by atoms with van der Waals surface area (Å²) < 4.78 is 0. The fourth-order valence-corrected chi connectivity index (χ4v) is 1.83. The van der Waals surface area contributed by atoms with Crippen LogP contribution >= 0.6 is 0 Å². The van der Waals surface area contributed by atoms with Crippen molar-refractivity contribution in [3.05, 3.63) is 29.8 Å². The zero-order valence-electron chi connectivity index (χ0n) is 11.9. The van der Waals surface area contributed by atoms with Crippen LogP contribution in [0.25, 0.3) is 0 Å². The minimum atomic E-state index is 0.0552. The molecule has 0 spiro atoms. The minimum absolute atomic E-state index is 0.0552. The molecule has 0 unspecified atom stereocenters. The number of likely N-dealkylation sites (N-methyl/N-ethyl adjacent to an activating group) is 1. The van der Waals surface area contributed by atoms with Crippen LogP contribution in [-0.2, 0) is 4.79 Å². The highest BCUT2D eigenvalue weighted by molar-refractivity contribution is 5.92. The second-order valence-electron chi connectivity index (χ2n) is 4.79. The highest BCUT2D eigenvalue weighted by Gasteiger charge is 2.08. The Hall–Kier alpha value is -1.35. The molecule has 0 fully saturated rings. The van der Waals surface area contributed by atoms with Gasteiger partial charge in [0.1, 0.15) is 0 Å². The first-order valence-corrected chi connectivity index (χ1v) is 6.69. The first kappa shape index (κ1) is 14.7. The summed E-state index contributed by atoms with van der Waals surface area (Å²) in [6.07, 6.45) is 0. The maximum Gasteiger partial charge on any atom is 0.238 e. The Morgan fingerprint density at radius 2 is 1.94 bits per heavy atom. The fraction of sp³-hybridized carbons (Fsp3) is 0.533. The van der Waals surface area contributed by atoms with Gasteiger partial charge >= 0.3 is 0 Å². The summed E-state index contributed by atoms with van der Waals surface area (Å²) in [5, 5.41) is 2.96. The van der Waals surface area contributed by atoms with E-state index in [1.807, 2.05) is 18.2 Å². The quantitative estimate of drug-likeness (QED) is 0.839. The Kier molecular flexibility index (Phi) is 5.86. The molecule has 0 atom stereocenters. The molecule has 18 heavy (non-hydrogen) atoms. The van der Waals surface area contributed by atoms with Gasteiger partial charge in [0.25, 0.3) is 0 Å². The maximum absolute atomic E-state index is 11.9. The monoisotopic (exact) mass is 248 g/mol. The van der Waals surface area contributed by atoms with Crippen molar-refractivity contribution < 1.29 is 4.79 Å². The van der Waals surface area contributed by atoms with Crippen LogP contribution in [0.1, 0.15) is 39.2 Å². The SMILES string of the molecule is CCN(CC)CC(=O)Nc1cccc(C(C)C)c1. The van der Waals surface area contributed by atoms with Gasteiger partial charge < -0.3 is 5.32 Å². The molecule has 0 aliphatic carbocycles. The van der Waals surface area contributed by atoms with E-state index in [1.165, 1.54) is 5.56 Å². The van der Waals surface area contributed by atoms with Crippen LogP contribution < -0.4 is 5.32 Å². The van der Waals surface area contributed by atoms with Gasteiger partial charge in [0.05, 0.1) is 6.54 Å². The summed E-state index contributed by atoms with van der Waals surface area (Å²) in [5.41, 5.74) is 2.13. The van der Waals surface area contributed by atoms with E-state index >= 15 is 0 Å². The third-order valence-electron chi connectivity index (χ3n) is 3.10. The van der Waals surface area contributed by atoms with Crippen LogP contribution in [0.4, 0.5) is 5.69 Å². The summed E-state index contributed by atoms with van der Waals surface area (Å²) in [6.45, 7) is 10.7. The topological polar surface area (TPSA) is 32.3 Å². The molecule has 1 aromatic rings. The van der Waals surface area contributed by atoms with E-state index in [0.29, 0.717) is 12.5 Å². The Labute approximate surface area is 110 Å². The molecule has 1 N–H and O–H groups in total. The fourth-order valence-electron chi connectivity index (χ4n) is 1.83. The normalized spacial score (nSPS) is 11.0. The molecule has 100 valence electrons. The van der Waals surface area contributed by atoms with Crippen LogP contribution in [0, 0.1) is 0 Å². The molecule has 1 rings (SSSR count). The molecule has 0 bridgehead atoms. The van der Waals surface area contributed by atoms with Crippen molar-refractivity contribution in [1.29, 1.82) is 0 Å². The average Bonchev–Trinajstić information content (AvgIpc) is 2.36. The number of carbonyl (C=O) groups is 1. The number of anilines is 1. The number of amides is 1. The molecule has 0 saturated heterocycles. The Bertz CT molecular complexity index is 384. The second kappa shape index (κ2) is 7.17. The smallest absolute Gasteiger partial charge is 0.238 e. The van der Waals surface area contributed by atoms with Gasteiger partial charge in [0.15, 0.2) is 0 Å². The first-order valence-electron chi connectivity index (χ1n) is 6.69. The van der Waals surface area contributed by atoms with Crippen molar-refractivity contribution in [3.63, 3.8) is 0 Å². The van der Waals surface area contributed by atoms with Crippen molar-refractivity contribution in [1.82, 2.24) is 4.90 Å². The summed E-state index contributed by atoms with van der Waals surface area (Å²) >= 11 is 0. The molecule has 1 amide bonds. The predicted molar refractivity (Wildman–Crippen MR) is 76.9 cm³/mol. The van der Waals surface area contributed by atoms with E-state index in [2.05, 4.69) is 44.0 Å². The number of carbonyl (C=O) groups excluding carboxylic acids is 1. The number of rotatable bonds is 6. The largest absolute Gasteiger partial charge is 0.325 e. The molecular formula is C15H24N2O. The number of hydrogen-bond acceptors (Lipinski definition) is 2.